The van der Waals surface area contributed by atoms with E-state index < -0.39 is 18.3 Å². The van der Waals surface area contributed by atoms with E-state index in [1.165, 1.54) is 0 Å². The molecule has 0 aromatic carbocycles. The van der Waals surface area contributed by atoms with E-state index in [4.69, 9.17) is 5.11 Å². The molecule has 5 nitrogen and oxygen atoms in total. The van der Waals surface area contributed by atoms with Gasteiger partial charge in [-0.15, -0.1) is 0 Å². The highest BCUT2D eigenvalue weighted by atomic mass is 19.1. The molecular formula is C8H11FN2O3. The standard InChI is InChI=1S/C8H11FN2O3/c9-8-10-3-5(4-11-8)7(14)6(13)1-2-12/h3-4,6-7,12-14H,1-2H2. The van der Waals surface area contributed by atoms with Gasteiger partial charge >= 0.3 is 6.08 Å². The lowest BCUT2D eigenvalue weighted by molar-refractivity contribution is 0.00374. The average molecular weight is 202 g/mol. The van der Waals surface area contributed by atoms with Gasteiger partial charge in [0.25, 0.3) is 0 Å². The van der Waals surface area contributed by atoms with Crippen LogP contribution >= 0.6 is 0 Å². The van der Waals surface area contributed by atoms with Gasteiger partial charge in [-0.3, -0.25) is 0 Å². The molecule has 0 bridgehead atoms. The van der Waals surface area contributed by atoms with Crippen LogP contribution in [0.15, 0.2) is 12.4 Å². The number of halogens is 1. The van der Waals surface area contributed by atoms with E-state index in [0.29, 0.717) is 0 Å². The first-order valence-electron chi connectivity index (χ1n) is 4.09. The quantitative estimate of drug-likeness (QED) is 0.567. The Kier molecular flexibility index (Phi) is 3.87. The fourth-order valence-corrected chi connectivity index (χ4v) is 0.987. The zero-order valence-corrected chi connectivity index (χ0v) is 7.34. The van der Waals surface area contributed by atoms with E-state index in [-0.39, 0.29) is 18.6 Å². The summed E-state index contributed by atoms with van der Waals surface area (Å²) in [5, 5.41) is 27.2. The van der Waals surface area contributed by atoms with Gasteiger partial charge in [0, 0.05) is 24.6 Å². The maximum atomic E-state index is 12.3. The molecule has 0 radical (unpaired) electrons. The summed E-state index contributed by atoms with van der Waals surface area (Å²) >= 11 is 0. The summed E-state index contributed by atoms with van der Waals surface area (Å²) in [6, 6.07) is 0. The lowest BCUT2D eigenvalue weighted by atomic mass is 10.1. The third-order valence-corrected chi connectivity index (χ3v) is 1.77. The SMILES string of the molecule is OCCC(O)C(O)c1cnc(F)nc1. The van der Waals surface area contributed by atoms with Crippen LogP contribution in [-0.2, 0) is 0 Å². The molecule has 1 heterocycles. The van der Waals surface area contributed by atoms with Crippen molar-refractivity contribution in [3.63, 3.8) is 0 Å². The molecule has 14 heavy (non-hydrogen) atoms. The third kappa shape index (κ3) is 2.69. The molecule has 2 atom stereocenters. The molecule has 0 spiro atoms. The highest BCUT2D eigenvalue weighted by Crippen LogP contribution is 2.16. The Morgan fingerprint density at radius 1 is 1.29 bits per heavy atom. The van der Waals surface area contributed by atoms with Crippen LogP contribution < -0.4 is 0 Å². The number of hydrogen-bond acceptors (Lipinski definition) is 5. The highest BCUT2D eigenvalue weighted by Gasteiger charge is 2.18. The van der Waals surface area contributed by atoms with Crippen molar-refractivity contribution in [3.8, 4) is 0 Å². The van der Waals surface area contributed by atoms with Crippen molar-refractivity contribution in [3.05, 3.63) is 24.0 Å². The van der Waals surface area contributed by atoms with Crippen LogP contribution in [0.3, 0.4) is 0 Å². The van der Waals surface area contributed by atoms with Crippen LogP contribution in [0.2, 0.25) is 0 Å². The van der Waals surface area contributed by atoms with Gasteiger partial charge in [0.15, 0.2) is 0 Å². The number of aromatic nitrogens is 2. The summed E-state index contributed by atoms with van der Waals surface area (Å²) in [7, 11) is 0. The highest BCUT2D eigenvalue weighted by molar-refractivity contribution is 5.08. The molecule has 78 valence electrons. The summed E-state index contributed by atoms with van der Waals surface area (Å²) in [6.45, 7) is -0.236. The van der Waals surface area contributed by atoms with Crippen LogP contribution in [0.25, 0.3) is 0 Å². The number of rotatable bonds is 4. The number of hydrogen-bond donors (Lipinski definition) is 3. The molecule has 1 aromatic rings. The van der Waals surface area contributed by atoms with Crippen molar-refractivity contribution in [1.29, 1.82) is 0 Å². The molecule has 0 aliphatic rings. The Balaban J connectivity index is 2.68. The number of aliphatic hydroxyl groups excluding tert-OH is 3. The van der Waals surface area contributed by atoms with Crippen molar-refractivity contribution >= 4 is 0 Å². The largest absolute Gasteiger partial charge is 0.396 e. The maximum Gasteiger partial charge on any atom is 0.308 e. The Hall–Kier alpha value is -1.11. The molecule has 0 saturated heterocycles. The molecule has 2 unspecified atom stereocenters. The Morgan fingerprint density at radius 2 is 1.86 bits per heavy atom. The second-order valence-corrected chi connectivity index (χ2v) is 2.81. The predicted molar refractivity (Wildman–Crippen MR) is 44.7 cm³/mol. The summed E-state index contributed by atoms with van der Waals surface area (Å²) in [6.07, 6.45) is -0.978. The van der Waals surface area contributed by atoms with Crippen LogP contribution in [0, 0.1) is 6.08 Å². The molecule has 0 aliphatic carbocycles. The molecule has 3 N–H and O–H groups in total. The van der Waals surface area contributed by atoms with Crippen molar-refractivity contribution in [1.82, 2.24) is 9.97 Å². The first kappa shape index (κ1) is 11.0. The summed E-state index contributed by atoms with van der Waals surface area (Å²) in [4.78, 5) is 6.46. The lowest BCUT2D eigenvalue weighted by Crippen LogP contribution is -2.20. The van der Waals surface area contributed by atoms with Crippen LogP contribution in [0.1, 0.15) is 18.1 Å². The summed E-state index contributed by atoms with van der Waals surface area (Å²) < 4.78 is 12.3. The topological polar surface area (TPSA) is 86.5 Å². The molecule has 0 aliphatic heterocycles. The minimum absolute atomic E-state index is 0.0402. The number of nitrogens with zero attached hydrogens (tertiary/aromatic N) is 2. The second kappa shape index (κ2) is 4.94. The number of aliphatic hydroxyl groups is 3. The minimum Gasteiger partial charge on any atom is -0.396 e. The predicted octanol–water partition coefficient (Wildman–Crippen LogP) is -0.608. The molecule has 0 fully saturated rings. The Labute approximate surface area is 79.9 Å². The average Bonchev–Trinajstić information content (AvgIpc) is 2.18. The Bertz CT molecular complexity index is 280. The molecule has 0 saturated carbocycles. The maximum absolute atomic E-state index is 12.3. The summed E-state index contributed by atoms with van der Waals surface area (Å²) in [5.74, 6) is 0. The van der Waals surface area contributed by atoms with Crippen LogP contribution in [0.4, 0.5) is 4.39 Å². The zero-order valence-electron chi connectivity index (χ0n) is 7.34. The monoisotopic (exact) mass is 202 g/mol. The van der Waals surface area contributed by atoms with Gasteiger partial charge in [-0.1, -0.05) is 0 Å². The van der Waals surface area contributed by atoms with E-state index in [0.717, 1.165) is 12.4 Å². The molecule has 1 rings (SSSR count). The molecular weight excluding hydrogens is 191 g/mol. The van der Waals surface area contributed by atoms with E-state index in [9.17, 15) is 14.6 Å². The van der Waals surface area contributed by atoms with Gasteiger partial charge in [0.1, 0.15) is 6.10 Å². The summed E-state index contributed by atoms with van der Waals surface area (Å²) in [5.41, 5.74) is 0.215. The molecule has 6 heteroatoms. The van der Waals surface area contributed by atoms with E-state index in [1.54, 1.807) is 0 Å². The smallest absolute Gasteiger partial charge is 0.308 e. The van der Waals surface area contributed by atoms with Crippen molar-refractivity contribution in [2.45, 2.75) is 18.6 Å². The van der Waals surface area contributed by atoms with Gasteiger partial charge in [-0.25, -0.2) is 9.97 Å². The van der Waals surface area contributed by atoms with E-state index >= 15 is 0 Å². The van der Waals surface area contributed by atoms with Crippen molar-refractivity contribution in [2.24, 2.45) is 0 Å². The fraction of sp³-hybridized carbons (Fsp3) is 0.500. The normalized spacial score (nSPS) is 15.1. The molecule has 0 amide bonds. The third-order valence-electron chi connectivity index (χ3n) is 1.77. The minimum atomic E-state index is -1.21. The first-order chi connectivity index (χ1) is 6.65. The van der Waals surface area contributed by atoms with Crippen LogP contribution in [0.5, 0.6) is 0 Å². The molecule has 1 aromatic heterocycles. The second-order valence-electron chi connectivity index (χ2n) is 2.81. The van der Waals surface area contributed by atoms with Gasteiger partial charge in [0.05, 0.1) is 6.10 Å². The zero-order chi connectivity index (χ0) is 10.6. The van der Waals surface area contributed by atoms with E-state index in [1.807, 2.05) is 0 Å². The van der Waals surface area contributed by atoms with Gasteiger partial charge in [-0.2, -0.15) is 4.39 Å². The Morgan fingerprint density at radius 3 is 2.36 bits per heavy atom. The van der Waals surface area contributed by atoms with Gasteiger partial charge < -0.3 is 15.3 Å². The van der Waals surface area contributed by atoms with Crippen LogP contribution in [-0.4, -0.2) is 38.0 Å². The van der Waals surface area contributed by atoms with Gasteiger partial charge in [-0.05, 0) is 6.42 Å². The van der Waals surface area contributed by atoms with E-state index in [2.05, 4.69) is 9.97 Å². The fourth-order valence-electron chi connectivity index (χ4n) is 0.987. The van der Waals surface area contributed by atoms with Crippen molar-refractivity contribution < 1.29 is 19.7 Å². The lowest BCUT2D eigenvalue weighted by Gasteiger charge is -2.15. The van der Waals surface area contributed by atoms with Gasteiger partial charge in [0.2, 0.25) is 0 Å². The first-order valence-corrected chi connectivity index (χ1v) is 4.09. The van der Waals surface area contributed by atoms with Crippen molar-refractivity contribution in [2.75, 3.05) is 6.61 Å².